The van der Waals surface area contributed by atoms with Gasteiger partial charge < -0.3 is 5.32 Å². The van der Waals surface area contributed by atoms with Gasteiger partial charge in [0.15, 0.2) is 0 Å². The second kappa shape index (κ2) is 6.67. The normalized spacial score (nSPS) is 16.7. The van der Waals surface area contributed by atoms with Gasteiger partial charge in [-0.25, -0.2) is 0 Å². The number of hydrazine groups is 1. The summed E-state index contributed by atoms with van der Waals surface area (Å²) in [4.78, 5) is 10.4. The van der Waals surface area contributed by atoms with Crippen molar-refractivity contribution in [2.24, 2.45) is 0 Å². The van der Waals surface area contributed by atoms with Crippen molar-refractivity contribution >= 4 is 34.7 Å². The van der Waals surface area contributed by atoms with Gasteiger partial charge in [0, 0.05) is 28.8 Å². The van der Waals surface area contributed by atoms with Gasteiger partial charge in [0.25, 0.3) is 5.69 Å². The van der Waals surface area contributed by atoms with E-state index in [1.54, 1.807) is 17.5 Å². The molecule has 1 heterocycles. The number of nitrogens with zero attached hydrogens (tertiary/aromatic N) is 2. The highest BCUT2D eigenvalue weighted by molar-refractivity contribution is 7.79. The van der Waals surface area contributed by atoms with Crippen LogP contribution in [0.15, 0.2) is 60.3 Å². The van der Waals surface area contributed by atoms with Crippen LogP contribution in [0.5, 0.6) is 0 Å². The molecular weight excluding hydrogens is 324 g/mol. The maximum atomic E-state index is 10.8. The van der Waals surface area contributed by atoms with Crippen molar-refractivity contribution in [2.75, 3.05) is 5.43 Å². The van der Waals surface area contributed by atoms with E-state index in [1.807, 2.05) is 42.3 Å². The standard InChI is InChI=1S/C17H16N4O2S/c1-12-17(13-5-3-2-4-6-13)20(16(11-24)18-12)19-14-7-9-15(10-8-14)21(22)23/h2-11,16,18-19H,1H3. The van der Waals surface area contributed by atoms with Gasteiger partial charge in [-0.3, -0.25) is 20.5 Å². The molecule has 2 N–H and O–H groups in total. The summed E-state index contributed by atoms with van der Waals surface area (Å²) in [5.41, 5.74) is 7.12. The lowest BCUT2D eigenvalue weighted by Crippen LogP contribution is -2.41. The molecule has 0 aromatic heterocycles. The number of allylic oxidation sites excluding steroid dienone is 1. The van der Waals surface area contributed by atoms with E-state index in [4.69, 9.17) is 12.2 Å². The average Bonchev–Trinajstić information content (AvgIpc) is 2.91. The SMILES string of the molecule is CC1=C(c2ccccc2)N(Nc2ccc([N+](=O)[O-])cc2)C(C=S)N1. The van der Waals surface area contributed by atoms with Gasteiger partial charge in [0.05, 0.1) is 16.3 Å². The Kier molecular flexibility index (Phi) is 4.43. The first-order valence-electron chi connectivity index (χ1n) is 7.38. The number of anilines is 1. The molecule has 6 nitrogen and oxygen atoms in total. The third-order valence-corrected chi connectivity index (χ3v) is 4.00. The summed E-state index contributed by atoms with van der Waals surface area (Å²) in [5, 5.41) is 17.7. The van der Waals surface area contributed by atoms with Crippen LogP contribution in [0.1, 0.15) is 12.5 Å². The highest BCUT2D eigenvalue weighted by atomic mass is 32.1. The largest absolute Gasteiger partial charge is 0.362 e. The minimum absolute atomic E-state index is 0.0569. The molecule has 24 heavy (non-hydrogen) atoms. The molecule has 1 aliphatic rings. The number of nitrogens with one attached hydrogen (secondary N) is 2. The zero-order chi connectivity index (χ0) is 17.1. The van der Waals surface area contributed by atoms with E-state index >= 15 is 0 Å². The molecule has 0 fully saturated rings. The fourth-order valence-corrected chi connectivity index (χ4v) is 2.83. The van der Waals surface area contributed by atoms with Crippen molar-refractivity contribution in [1.82, 2.24) is 10.3 Å². The van der Waals surface area contributed by atoms with Crippen LogP contribution in [0.3, 0.4) is 0 Å². The molecule has 122 valence electrons. The molecule has 1 unspecified atom stereocenters. The number of hydrogen-bond donors (Lipinski definition) is 2. The number of nitro groups is 1. The number of thiocarbonyl (C=S) groups is 1. The summed E-state index contributed by atoms with van der Waals surface area (Å²) < 4.78 is 0. The van der Waals surface area contributed by atoms with Gasteiger partial charge in [-0.2, -0.15) is 0 Å². The molecule has 3 rings (SSSR count). The second-order valence-corrected chi connectivity index (χ2v) is 5.62. The zero-order valence-corrected chi connectivity index (χ0v) is 13.8. The Labute approximate surface area is 144 Å². The highest BCUT2D eigenvalue weighted by Gasteiger charge is 2.29. The molecule has 1 aliphatic heterocycles. The van der Waals surface area contributed by atoms with E-state index in [-0.39, 0.29) is 11.9 Å². The van der Waals surface area contributed by atoms with Crippen LogP contribution in [-0.4, -0.2) is 21.5 Å². The first kappa shape index (κ1) is 15.9. The van der Waals surface area contributed by atoms with Crippen molar-refractivity contribution in [3.8, 4) is 0 Å². The number of rotatable bonds is 5. The van der Waals surface area contributed by atoms with Gasteiger partial charge in [-0.05, 0) is 19.1 Å². The van der Waals surface area contributed by atoms with Gasteiger partial charge in [0.2, 0.25) is 0 Å². The van der Waals surface area contributed by atoms with E-state index in [0.29, 0.717) is 0 Å². The maximum Gasteiger partial charge on any atom is 0.269 e. The quantitative estimate of drug-likeness (QED) is 0.493. The Morgan fingerprint density at radius 2 is 1.88 bits per heavy atom. The lowest BCUT2D eigenvalue weighted by Gasteiger charge is -2.28. The molecule has 1 atom stereocenters. The summed E-state index contributed by atoms with van der Waals surface area (Å²) in [6, 6.07) is 16.3. The van der Waals surface area contributed by atoms with E-state index in [1.165, 1.54) is 12.1 Å². The lowest BCUT2D eigenvalue weighted by molar-refractivity contribution is -0.384. The summed E-state index contributed by atoms with van der Waals surface area (Å²) in [6.45, 7) is 1.99. The topological polar surface area (TPSA) is 70.4 Å². The van der Waals surface area contributed by atoms with Crippen LogP contribution < -0.4 is 10.7 Å². The fraction of sp³-hybridized carbons (Fsp3) is 0.118. The zero-order valence-electron chi connectivity index (χ0n) is 13.0. The summed E-state index contributed by atoms with van der Waals surface area (Å²) in [7, 11) is 0. The van der Waals surface area contributed by atoms with E-state index in [2.05, 4.69) is 10.7 Å². The second-order valence-electron chi connectivity index (χ2n) is 5.35. The van der Waals surface area contributed by atoms with E-state index < -0.39 is 4.92 Å². The van der Waals surface area contributed by atoms with Crippen molar-refractivity contribution < 1.29 is 4.92 Å². The first-order valence-corrected chi connectivity index (χ1v) is 7.86. The Balaban J connectivity index is 1.91. The van der Waals surface area contributed by atoms with Crippen molar-refractivity contribution in [1.29, 1.82) is 0 Å². The lowest BCUT2D eigenvalue weighted by atomic mass is 10.1. The monoisotopic (exact) mass is 340 g/mol. The first-order chi connectivity index (χ1) is 11.6. The smallest absolute Gasteiger partial charge is 0.269 e. The van der Waals surface area contributed by atoms with E-state index in [9.17, 15) is 10.1 Å². The van der Waals surface area contributed by atoms with Crippen molar-refractivity contribution in [3.63, 3.8) is 0 Å². The number of nitro benzene ring substituents is 1. The van der Waals surface area contributed by atoms with Crippen LogP contribution in [0.4, 0.5) is 11.4 Å². The summed E-state index contributed by atoms with van der Waals surface area (Å²) >= 11 is 5.13. The van der Waals surface area contributed by atoms with Crippen LogP contribution in [0, 0.1) is 10.1 Å². The Bertz CT molecular complexity index is 790. The molecule has 0 spiro atoms. The van der Waals surface area contributed by atoms with E-state index in [0.717, 1.165) is 22.6 Å². The number of hydrogen-bond acceptors (Lipinski definition) is 6. The van der Waals surface area contributed by atoms with Crippen LogP contribution in [-0.2, 0) is 0 Å². The predicted molar refractivity (Wildman–Crippen MR) is 98.2 cm³/mol. The van der Waals surface area contributed by atoms with Gasteiger partial charge >= 0.3 is 0 Å². The number of benzene rings is 2. The highest BCUT2D eigenvalue weighted by Crippen LogP contribution is 2.29. The Morgan fingerprint density at radius 3 is 2.46 bits per heavy atom. The summed E-state index contributed by atoms with van der Waals surface area (Å²) in [6.07, 6.45) is -0.189. The molecule has 0 saturated heterocycles. The molecule has 0 bridgehead atoms. The molecule has 0 saturated carbocycles. The third kappa shape index (κ3) is 3.07. The minimum atomic E-state index is -0.416. The fourth-order valence-electron chi connectivity index (χ4n) is 2.64. The van der Waals surface area contributed by atoms with Gasteiger partial charge in [-0.1, -0.05) is 42.5 Å². The van der Waals surface area contributed by atoms with Crippen LogP contribution in [0.2, 0.25) is 0 Å². The van der Waals surface area contributed by atoms with Crippen molar-refractivity contribution in [2.45, 2.75) is 13.1 Å². The Hall–Kier alpha value is -2.93. The third-order valence-electron chi connectivity index (χ3n) is 3.74. The molecular formula is C17H16N4O2S. The minimum Gasteiger partial charge on any atom is -0.362 e. The van der Waals surface area contributed by atoms with Crippen LogP contribution >= 0.6 is 12.2 Å². The Morgan fingerprint density at radius 1 is 1.21 bits per heavy atom. The van der Waals surface area contributed by atoms with Crippen LogP contribution in [0.25, 0.3) is 5.70 Å². The molecule has 0 amide bonds. The van der Waals surface area contributed by atoms with Crippen molar-refractivity contribution in [3.05, 3.63) is 76.0 Å². The molecule has 0 radical (unpaired) electrons. The average molecular weight is 340 g/mol. The summed E-state index contributed by atoms with van der Waals surface area (Å²) in [5.74, 6) is 0. The van der Waals surface area contributed by atoms with Gasteiger partial charge in [0.1, 0.15) is 6.17 Å². The molecule has 7 heteroatoms. The maximum absolute atomic E-state index is 10.8. The predicted octanol–water partition coefficient (Wildman–Crippen LogP) is 3.54. The van der Waals surface area contributed by atoms with Gasteiger partial charge in [-0.15, -0.1) is 0 Å². The number of non-ortho nitro benzene ring substituents is 1. The molecule has 2 aromatic rings. The molecule has 2 aromatic carbocycles. The molecule has 0 aliphatic carbocycles.